The lowest BCUT2D eigenvalue weighted by Gasteiger charge is -2.42. The van der Waals surface area contributed by atoms with Gasteiger partial charge >= 0.3 is 6.01 Å². The third-order valence-electron chi connectivity index (χ3n) is 9.55. The number of aromatic nitrogens is 2. The molecular formula is C35H42FN7O2. The van der Waals surface area contributed by atoms with Crippen LogP contribution in [0.4, 0.5) is 15.9 Å². The normalized spacial score (nSPS) is 21.5. The predicted molar refractivity (Wildman–Crippen MR) is 174 cm³/mol. The average molecular weight is 612 g/mol. The Balaban J connectivity index is 1.34. The zero-order valence-corrected chi connectivity index (χ0v) is 26.7. The Morgan fingerprint density at radius 1 is 1.13 bits per heavy atom. The van der Waals surface area contributed by atoms with Crippen molar-refractivity contribution in [1.29, 1.82) is 5.26 Å². The number of carbonyl (C=O) groups is 1. The number of anilines is 2. The van der Waals surface area contributed by atoms with E-state index in [9.17, 15) is 14.4 Å². The minimum atomic E-state index is -1.01. The Hall–Kier alpha value is -4.23. The first-order valence-electron chi connectivity index (χ1n) is 15.8. The molecule has 9 nitrogen and oxygen atoms in total. The maximum atomic E-state index is 13.9. The number of carbonyl (C=O) groups excluding carboxylic acids is 1. The van der Waals surface area contributed by atoms with Gasteiger partial charge in [0, 0.05) is 55.4 Å². The highest BCUT2D eigenvalue weighted by atomic mass is 19.1. The highest BCUT2D eigenvalue weighted by molar-refractivity contribution is 5.97. The minimum Gasteiger partial charge on any atom is -0.462 e. The van der Waals surface area contributed by atoms with Gasteiger partial charge in [0.1, 0.15) is 12.4 Å². The summed E-state index contributed by atoms with van der Waals surface area (Å²) in [7, 11) is 2.13. The molecule has 0 saturated carbocycles. The van der Waals surface area contributed by atoms with Crippen LogP contribution in [-0.4, -0.2) is 84.1 Å². The fourth-order valence-electron chi connectivity index (χ4n) is 7.46. The van der Waals surface area contributed by atoms with Gasteiger partial charge < -0.3 is 19.4 Å². The van der Waals surface area contributed by atoms with Gasteiger partial charge in [-0.3, -0.25) is 9.69 Å². The molecule has 0 radical (unpaired) electrons. The number of amides is 1. The Morgan fingerprint density at radius 3 is 2.62 bits per heavy atom. The van der Waals surface area contributed by atoms with Crippen molar-refractivity contribution in [2.45, 2.75) is 58.7 Å². The largest absolute Gasteiger partial charge is 0.462 e. The topological polar surface area (TPSA) is 88.8 Å². The highest BCUT2D eigenvalue weighted by Crippen LogP contribution is 2.37. The van der Waals surface area contributed by atoms with Gasteiger partial charge in [0.25, 0.3) is 5.91 Å². The molecule has 10 heteroatoms. The fourth-order valence-corrected chi connectivity index (χ4v) is 7.46. The lowest BCUT2D eigenvalue weighted by atomic mass is 9.91. The molecular weight excluding hydrogens is 569 g/mol. The Labute approximate surface area is 264 Å². The molecule has 2 atom stereocenters. The van der Waals surface area contributed by atoms with E-state index >= 15 is 0 Å². The molecule has 1 aromatic heterocycles. The molecule has 0 bridgehead atoms. The van der Waals surface area contributed by atoms with Gasteiger partial charge in [-0.2, -0.15) is 15.2 Å². The van der Waals surface area contributed by atoms with Crippen LogP contribution in [0.15, 0.2) is 48.8 Å². The van der Waals surface area contributed by atoms with E-state index in [4.69, 9.17) is 14.7 Å². The molecule has 3 aromatic rings. The zero-order chi connectivity index (χ0) is 31.9. The predicted octanol–water partition coefficient (Wildman–Crippen LogP) is 5.02. The first kappa shape index (κ1) is 30.8. The fraction of sp³-hybridized carbons (Fsp3) is 0.486. The zero-order valence-electron chi connectivity index (χ0n) is 26.7. The van der Waals surface area contributed by atoms with Gasteiger partial charge in [0.05, 0.1) is 30.8 Å². The second-order valence-electron chi connectivity index (χ2n) is 13.5. The smallest absolute Gasteiger partial charge is 0.318 e. The van der Waals surface area contributed by atoms with Crippen molar-refractivity contribution in [1.82, 2.24) is 19.8 Å². The third kappa shape index (κ3) is 6.19. The summed E-state index contributed by atoms with van der Waals surface area (Å²) < 4.78 is 20.2. The number of halogens is 1. The number of nitrogens with zero attached hydrogens (tertiary/aromatic N) is 7. The number of hydrogen-bond acceptors (Lipinski definition) is 8. The van der Waals surface area contributed by atoms with Crippen LogP contribution in [-0.2, 0) is 17.8 Å². The number of ether oxygens (including phenoxy) is 1. The Morgan fingerprint density at radius 2 is 1.91 bits per heavy atom. The summed E-state index contributed by atoms with van der Waals surface area (Å²) >= 11 is 0. The second kappa shape index (κ2) is 12.3. The monoisotopic (exact) mass is 611 g/mol. The van der Waals surface area contributed by atoms with Gasteiger partial charge in [-0.25, -0.2) is 4.39 Å². The van der Waals surface area contributed by atoms with Crippen molar-refractivity contribution in [3.63, 3.8) is 0 Å². The first-order chi connectivity index (χ1) is 21.5. The van der Waals surface area contributed by atoms with Crippen LogP contribution in [0, 0.1) is 23.7 Å². The second-order valence-corrected chi connectivity index (χ2v) is 13.5. The van der Waals surface area contributed by atoms with Crippen molar-refractivity contribution < 1.29 is 13.9 Å². The minimum absolute atomic E-state index is 0.0875. The lowest BCUT2D eigenvalue weighted by Crippen LogP contribution is -2.55. The number of piperazine rings is 1. The van der Waals surface area contributed by atoms with E-state index in [0.29, 0.717) is 32.3 Å². The molecule has 2 saturated heterocycles. The van der Waals surface area contributed by atoms with Gasteiger partial charge in [0.15, 0.2) is 5.83 Å². The quantitative estimate of drug-likeness (QED) is 0.344. The summed E-state index contributed by atoms with van der Waals surface area (Å²) in [5, 5.41) is 12.0. The first-order valence-corrected chi connectivity index (χ1v) is 15.8. The van der Waals surface area contributed by atoms with Gasteiger partial charge in [-0.15, -0.1) is 0 Å². The van der Waals surface area contributed by atoms with Crippen LogP contribution in [0.1, 0.15) is 43.5 Å². The molecule has 0 aliphatic carbocycles. The van der Waals surface area contributed by atoms with Gasteiger partial charge in [-0.05, 0) is 49.2 Å². The maximum Gasteiger partial charge on any atom is 0.318 e. The van der Waals surface area contributed by atoms with E-state index in [1.807, 2.05) is 0 Å². The van der Waals surface area contributed by atoms with Gasteiger partial charge in [-0.1, -0.05) is 50.8 Å². The van der Waals surface area contributed by atoms with Crippen LogP contribution in [0.2, 0.25) is 0 Å². The number of aryl methyl sites for hydroxylation is 1. The molecule has 0 spiro atoms. The van der Waals surface area contributed by atoms with E-state index in [1.165, 1.54) is 26.9 Å². The maximum absolute atomic E-state index is 13.9. The lowest BCUT2D eigenvalue weighted by molar-refractivity contribution is -0.131. The van der Waals surface area contributed by atoms with Crippen molar-refractivity contribution in [2.75, 3.05) is 56.2 Å². The van der Waals surface area contributed by atoms with Crippen LogP contribution in [0.25, 0.3) is 10.8 Å². The number of benzene rings is 2. The van der Waals surface area contributed by atoms with E-state index in [0.717, 1.165) is 43.0 Å². The molecule has 1 unspecified atom stereocenters. The van der Waals surface area contributed by atoms with E-state index in [1.54, 1.807) is 0 Å². The molecule has 6 rings (SSSR count). The van der Waals surface area contributed by atoms with Crippen molar-refractivity contribution in [3.05, 3.63) is 65.6 Å². The molecule has 3 aliphatic heterocycles. The number of likely N-dealkylation sites (tertiary alicyclic amines) is 1. The molecule has 236 valence electrons. The number of nitriles is 1. The number of hydrogen-bond donors (Lipinski definition) is 0. The van der Waals surface area contributed by atoms with E-state index < -0.39 is 17.8 Å². The number of likely N-dealkylation sites (N-methyl/N-ethyl adjacent to an activating group) is 1. The molecule has 0 N–H and O–H groups in total. The number of rotatable bonds is 7. The van der Waals surface area contributed by atoms with Crippen molar-refractivity contribution >= 4 is 28.2 Å². The van der Waals surface area contributed by atoms with Crippen molar-refractivity contribution in [3.8, 4) is 12.1 Å². The van der Waals surface area contributed by atoms with E-state index in [2.05, 4.69) is 91.6 Å². The summed E-state index contributed by atoms with van der Waals surface area (Å²) in [6, 6.07) is 15.1. The summed E-state index contributed by atoms with van der Waals surface area (Å²) in [5.74, 6) is -0.989. The average Bonchev–Trinajstić information content (AvgIpc) is 3.29. The standard InChI is InChI=1S/C35H42FN7O2/c1-23-8-6-9-25-10-7-11-30(31(23)25)41-15-13-28-29(20-41)38-34(45-21-27-18-35(3,4)22-40(27)5)39-32(28)42-16-17-43(33(44)24(2)36)26(19-42)12-14-37/h6-11,26-27H,2,12-13,15-22H2,1,3-5H3/t26?,27-/m0/s1. The van der Waals surface area contributed by atoms with E-state index in [-0.39, 0.29) is 24.4 Å². The molecule has 2 fully saturated rings. The molecule has 4 heterocycles. The molecule has 1 amide bonds. The summed E-state index contributed by atoms with van der Waals surface area (Å²) in [6.45, 7) is 13.9. The Kier molecular flexibility index (Phi) is 8.40. The Bertz CT molecular complexity index is 1660. The summed E-state index contributed by atoms with van der Waals surface area (Å²) in [4.78, 5) is 30.8. The molecule has 45 heavy (non-hydrogen) atoms. The van der Waals surface area contributed by atoms with Crippen LogP contribution >= 0.6 is 0 Å². The molecule has 2 aromatic carbocycles. The third-order valence-corrected chi connectivity index (χ3v) is 9.55. The van der Waals surface area contributed by atoms with Crippen LogP contribution < -0.4 is 14.5 Å². The van der Waals surface area contributed by atoms with Crippen molar-refractivity contribution in [2.24, 2.45) is 5.41 Å². The highest BCUT2D eigenvalue weighted by Gasteiger charge is 2.37. The summed E-state index contributed by atoms with van der Waals surface area (Å²) in [5.41, 5.74) is 4.61. The van der Waals surface area contributed by atoms with Crippen LogP contribution in [0.5, 0.6) is 6.01 Å². The molecule has 3 aliphatic rings. The van der Waals surface area contributed by atoms with Crippen LogP contribution in [0.3, 0.4) is 0 Å². The number of fused-ring (bicyclic) bond motifs is 2. The SMILES string of the molecule is C=C(F)C(=O)N1CCN(c2nc(OC[C@@H]3CC(C)(C)CN3C)nc3c2CCN(c2cccc4cccc(C)c24)C3)CC1CC#N. The van der Waals surface area contributed by atoms with Gasteiger partial charge in [0.2, 0.25) is 0 Å². The summed E-state index contributed by atoms with van der Waals surface area (Å²) in [6.07, 6.45) is 1.85.